The first-order valence-electron chi connectivity index (χ1n) is 7.62. The van der Waals surface area contributed by atoms with Crippen LogP contribution in [0.25, 0.3) is 0 Å². The second kappa shape index (κ2) is 7.21. The fourth-order valence-corrected chi connectivity index (χ4v) is 1.90. The average Bonchev–Trinajstić information content (AvgIpc) is 2.69. The summed E-state index contributed by atoms with van der Waals surface area (Å²) >= 11 is 0. The highest BCUT2D eigenvalue weighted by molar-refractivity contribution is 4.89. The van der Waals surface area contributed by atoms with Crippen LogP contribution in [0, 0.1) is 10.8 Å². The maximum atomic E-state index is 5.65. The molecular formula is C16H31N3O. The zero-order chi connectivity index (χ0) is 15.2. The van der Waals surface area contributed by atoms with Crippen LogP contribution in [0.15, 0.2) is 6.20 Å². The molecule has 0 bridgehead atoms. The fourth-order valence-electron chi connectivity index (χ4n) is 1.90. The van der Waals surface area contributed by atoms with Crippen molar-refractivity contribution in [2.45, 2.75) is 74.0 Å². The molecule has 4 nitrogen and oxygen atoms in total. The maximum Gasteiger partial charge on any atom is 0.108 e. The van der Waals surface area contributed by atoms with Crippen LogP contribution in [0.2, 0.25) is 0 Å². The summed E-state index contributed by atoms with van der Waals surface area (Å²) in [5.74, 6) is 0. The van der Waals surface area contributed by atoms with Crippen LogP contribution in [0.1, 0.15) is 66.5 Å². The highest BCUT2D eigenvalue weighted by atomic mass is 16.5. The highest BCUT2D eigenvalue weighted by Gasteiger charge is 2.11. The van der Waals surface area contributed by atoms with Crippen molar-refractivity contribution >= 4 is 0 Å². The van der Waals surface area contributed by atoms with Gasteiger partial charge in [-0.3, -0.25) is 4.68 Å². The zero-order valence-electron chi connectivity index (χ0n) is 14.1. The van der Waals surface area contributed by atoms with E-state index in [9.17, 15) is 0 Å². The largest absolute Gasteiger partial charge is 0.374 e. The lowest BCUT2D eigenvalue weighted by atomic mass is 9.90. The van der Waals surface area contributed by atoms with Gasteiger partial charge in [-0.2, -0.15) is 0 Å². The Morgan fingerprint density at radius 2 is 1.75 bits per heavy atom. The Hall–Kier alpha value is -0.900. The van der Waals surface area contributed by atoms with Gasteiger partial charge >= 0.3 is 0 Å². The third kappa shape index (κ3) is 8.31. The van der Waals surface area contributed by atoms with Crippen molar-refractivity contribution in [3.8, 4) is 0 Å². The molecule has 0 unspecified atom stereocenters. The third-order valence-corrected chi connectivity index (χ3v) is 2.94. The lowest BCUT2D eigenvalue weighted by Crippen LogP contribution is -2.14. The van der Waals surface area contributed by atoms with E-state index in [1.54, 1.807) is 0 Å². The molecule has 0 aliphatic carbocycles. The minimum atomic E-state index is 0.197. The summed E-state index contributed by atoms with van der Waals surface area (Å²) in [4.78, 5) is 0. The van der Waals surface area contributed by atoms with Gasteiger partial charge in [0.2, 0.25) is 0 Å². The number of rotatable bonds is 7. The van der Waals surface area contributed by atoms with Crippen LogP contribution >= 0.6 is 0 Å². The summed E-state index contributed by atoms with van der Waals surface area (Å²) in [6.07, 6.45) is 5.64. The molecule has 1 aromatic rings. The van der Waals surface area contributed by atoms with Crippen molar-refractivity contribution in [2.75, 3.05) is 6.61 Å². The lowest BCUT2D eigenvalue weighted by Gasteiger charge is -2.17. The lowest BCUT2D eigenvalue weighted by molar-refractivity contribution is 0.0580. The second-order valence-corrected chi connectivity index (χ2v) is 8.04. The van der Waals surface area contributed by atoms with Crippen molar-refractivity contribution in [3.63, 3.8) is 0 Å². The first kappa shape index (κ1) is 17.2. The number of unbranched alkanes of at least 4 members (excludes halogenated alkanes) is 1. The molecule has 0 radical (unpaired) electrons. The van der Waals surface area contributed by atoms with Crippen molar-refractivity contribution < 1.29 is 4.74 Å². The number of hydrogen-bond donors (Lipinski definition) is 0. The van der Waals surface area contributed by atoms with Gasteiger partial charge in [0, 0.05) is 6.54 Å². The Morgan fingerprint density at radius 1 is 1.05 bits per heavy atom. The molecule has 1 aromatic heterocycles. The Labute approximate surface area is 123 Å². The van der Waals surface area contributed by atoms with E-state index in [2.05, 4.69) is 51.9 Å². The molecule has 20 heavy (non-hydrogen) atoms. The van der Waals surface area contributed by atoms with Gasteiger partial charge in [0.1, 0.15) is 5.69 Å². The smallest absolute Gasteiger partial charge is 0.108 e. The topological polar surface area (TPSA) is 39.9 Å². The Bertz CT molecular complexity index is 385. The normalized spacial score (nSPS) is 12.9. The van der Waals surface area contributed by atoms with Crippen LogP contribution in [0.3, 0.4) is 0 Å². The predicted molar refractivity (Wildman–Crippen MR) is 82.4 cm³/mol. The van der Waals surface area contributed by atoms with E-state index in [4.69, 9.17) is 4.74 Å². The summed E-state index contributed by atoms with van der Waals surface area (Å²) < 4.78 is 7.58. The summed E-state index contributed by atoms with van der Waals surface area (Å²) in [7, 11) is 0. The van der Waals surface area contributed by atoms with Gasteiger partial charge in [-0.1, -0.05) is 53.2 Å². The fraction of sp³-hybridized carbons (Fsp3) is 0.875. The molecule has 4 heteroatoms. The first-order valence-corrected chi connectivity index (χ1v) is 7.62. The standard InChI is InChI=1S/C16H31N3O/c1-15(2,3)9-7-8-10-19-11-14(17-18-19)12-20-13-16(4,5)6/h11H,7-10,12-13H2,1-6H3. The SMILES string of the molecule is CC(C)(C)CCCCn1cc(COCC(C)(C)C)nn1. The van der Waals surface area contributed by atoms with E-state index >= 15 is 0 Å². The predicted octanol–water partition coefficient (Wildman–Crippen LogP) is 4.06. The zero-order valence-corrected chi connectivity index (χ0v) is 14.1. The quantitative estimate of drug-likeness (QED) is 0.708. The average molecular weight is 281 g/mol. The van der Waals surface area contributed by atoms with E-state index in [1.165, 1.54) is 12.8 Å². The van der Waals surface area contributed by atoms with Gasteiger partial charge in [0.15, 0.2) is 0 Å². The molecule has 116 valence electrons. The van der Waals surface area contributed by atoms with E-state index < -0.39 is 0 Å². The molecule has 0 aromatic carbocycles. The van der Waals surface area contributed by atoms with Crippen molar-refractivity contribution in [1.29, 1.82) is 0 Å². The van der Waals surface area contributed by atoms with Gasteiger partial charge in [-0.25, -0.2) is 0 Å². The molecule has 0 fully saturated rings. The van der Waals surface area contributed by atoms with E-state index in [0.29, 0.717) is 12.0 Å². The van der Waals surface area contributed by atoms with E-state index in [1.807, 2.05) is 10.9 Å². The van der Waals surface area contributed by atoms with Gasteiger partial charge in [-0.05, 0) is 23.7 Å². The Morgan fingerprint density at radius 3 is 2.35 bits per heavy atom. The minimum Gasteiger partial charge on any atom is -0.374 e. The molecule has 0 saturated carbocycles. The molecule has 1 heterocycles. The van der Waals surface area contributed by atoms with Gasteiger partial charge < -0.3 is 4.74 Å². The van der Waals surface area contributed by atoms with Crippen LogP contribution in [0.4, 0.5) is 0 Å². The minimum absolute atomic E-state index is 0.197. The Kier molecular flexibility index (Phi) is 6.18. The van der Waals surface area contributed by atoms with Gasteiger partial charge in [-0.15, -0.1) is 5.10 Å². The first-order chi connectivity index (χ1) is 9.16. The van der Waals surface area contributed by atoms with Crippen molar-refractivity contribution in [2.24, 2.45) is 10.8 Å². The summed E-state index contributed by atoms with van der Waals surface area (Å²) in [5.41, 5.74) is 1.54. The van der Waals surface area contributed by atoms with Crippen molar-refractivity contribution in [1.82, 2.24) is 15.0 Å². The molecule has 0 saturated heterocycles. The molecular weight excluding hydrogens is 250 g/mol. The molecule has 0 aliphatic heterocycles. The van der Waals surface area contributed by atoms with Crippen LogP contribution in [0.5, 0.6) is 0 Å². The second-order valence-electron chi connectivity index (χ2n) is 8.04. The number of ether oxygens (including phenoxy) is 1. The number of nitrogens with zero attached hydrogens (tertiary/aromatic N) is 3. The molecule has 0 N–H and O–H groups in total. The summed E-state index contributed by atoms with van der Waals surface area (Å²) in [6, 6.07) is 0. The summed E-state index contributed by atoms with van der Waals surface area (Å²) in [5, 5.41) is 8.30. The van der Waals surface area contributed by atoms with E-state index in [-0.39, 0.29) is 5.41 Å². The van der Waals surface area contributed by atoms with E-state index in [0.717, 1.165) is 25.3 Å². The number of aryl methyl sites for hydroxylation is 1. The molecule has 0 aliphatic rings. The Balaban J connectivity index is 2.22. The molecule has 0 amide bonds. The van der Waals surface area contributed by atoms with Crippen LogP contribution in [-0.4, -0.2) is 21.6 Å². The third-order valence-electron chi connectivity index (χ3n) is 2.94. The van der Waals surface area contributed by atoms with Gasteiger partial charge in [0.05, 0.1) is 19.4 Å². The monoisotopic (exact) mass is 281 g/mol. The molecule has 1 rings (SSSR count). The van der Waals surface area contributed by atoms with Crippen LogP contribution < -0.4 is 0 Å². The van der Waals surface area contributed by atoms with Crippen LogP contribution in [-0.2, 0) is 17.9 Å². The summed E-state index contributed by atoms with van der Waals surface area (Å²) in [6.45, 7) is 15.6. The highest BCUT2D eigenvalue weighted by Crippen LogP contribution is 2.21. The molecule has 0 atom stereocenters. The molecule has 0 spiro atoms. The van der Waals surface area contributed by atoms with Gasteiger partial charge in [0.25, 0.3) is 0 Å². The van der Waals surface area contributed by atoms with Crippen molar-refractivity contribution in [3.05, 3.63) is 11.9 Å². The maximum absolute atomic E-state index is 5.65. The number of hydrogen-bond acceptors (Lipinski definition) is 3. The number of aromatic nitrogens is 3.